The highest BCUT2D eigenvalue weighted by atomic mass is 16.2. The van der Waals surface area contributed by atoms with E-state index in [0.717, 1.165) is 50.1 Å². The maximum atomic E-state index is 12.7. The lowest BCUT2D eigenvalue weighted by atomic mass is 9.87. The molecule has 1 aliphatic heterocycles. The first-order valence-electron chi connectivity index (χ1n) is 10.6. The summed E-state index contributed by atoms with van der Waals surface area (Å²) in [7, 11) is 0. The summed E-state index contributed by atoms with van der Waals surface area (Å²) in [5.41, 5.74) is 0.933. The number of carbonyl (C=O) groups is 2. The molecule has 0 spiro atoms. The van der Waals surface area contributed by atoms with E-state index >= 15 is 0 Å². The summed E-state index contributed by atoms with van der Waals surface area (Å²) in [5.74, 6) is 0.836. The Hall–Kier alpha value is -2.18. The molecule has 3 rings (SSSR count). The third-order valence-electron chi connectivity index (χ3n) is 6.14. The standard InChI is InChI=1S/C21H33N5O2/c1-16-5-7-19(8-6-16)24-21(28)25-10-3-4-20(9-11-25)26(17(2)27)14-18-12-22-15-23-13-18/h12-13,15-16,19-20H,3-11,14H2,1-2H3,(H,24,28). The number of amides is 3. The molecule has 1 saturated heterocycles. The van der Waals surface area contributed by atoms with Gasteiger partial charge in [0.15, 0.2) is 0 Å². The predicted octanol–water partition coefficient (Wildman–Crippen LogP) is 2.97. The van der Waals surface area contributed by atoms with Crippen molar-refractivity contribution in [3.05, 3.63) is 24.3 Å². The summed E-state index contributed by atoms with van der Waals surface area (Å²) in [4.78, 5) is 36.9. The largest absolute Gasteiger partial charge is 0.335 e. The highest BCUT2D eigenvalue weighted by molar-refractivity contribution is 5.75. The Morgan fingerprint density at radius 1 is 1.11 bits per heavy atom. The average molecular weight is 388 g/mol. The van der Waals surface area contributed by atoms with Gasteiger partial charge in [0, 0.05) is 56.6 Å². The van der Waals surface area contributed by atoms with Crippen LogP contribution in [0.5, 0.6) is 0 Å². The lowest BCUT2D eigenvalue weighted by Gasteiger charge is -2.31. The minimum Gasteiger partial charge on any atom is -0.335 e. The lowest BCUT2D eigenvalue weighted by Crippen LogP contribution is -2.46. The van der Waals surface area contributed by atoms with E-state index in [-0.39, 0.29) is 18.0 Å². The molecule has 7 nitrogen and oxygen atoms in total. The zero-order chi connectivity index (χ0) is 19.9. The van der Waals surface area contributed by atoms with Gasteiger partial charge in [-0.2, -0.15) is 0 Å². The Balaban J connectivity index is 1.54. The van der Waals surface area contributed by atoms with E-state index in [4.69, 9.17) is 0 Å². The van der Waals surface area contributed by atoms with Crippen molar-refractivity contribution in [1.29, 1.82) is 0 Å². The minimum atomic E-state index is 0.0584. The van der Waals surface area contributed by atoms with Crippen molar-refractivity contribution in [2.24, 2.45) is 5.92 Å². The molecule has 2 heterocycles. The molecule has 1 aliphatic carbocycles. The van der Waals surface area contributed by atoms with E-state index in [2.05, 4.69) is 22.2 Å². The molecule has 0 bridgehead atoms. The van der Waals surface area contributed by atoms with E-state index in [1.165, 1.54) is 19.2 Å². The number of likely N-dealkylation sites (tertiary alicyclic amines) is 1. The van der Waals surface area contributed by atoms with Crippen molar-refractivity contribution >= 4 is 11.9 Å². The second kappa shape index (κ2) is 9.85. The van der Waals surface area contributed by atoms with Gasteiger partial charge < -0.3 is 15.1 Å². The fourth-order valence-electron chi connectivity index (χ4n) is 4.37. The van der Waals surface area contributed by atoms with E-state index in [0.29, 0.717) is 19.1 Å². The second-order valence-electron chi connectivity index (χ2n) is 8.37. The van der Waals surface area contributed by atoms with Crippen molar-refractivity contribution in [2.45, 2.75) is 77.4 Å². The molecule has 2 aliphatic rings. The Bertz CT molecular complexity index is 645. The van der Waals surface area contributed by atoms with Gasteiger partial charge in [0.05, 0.1) is 0 Å². The van der Waals surface area contributed by atoms with Gasteiger partial charge in [-0.3, -0.25) is 4.79 Å². The van der Waals surface area contributed by atoms with Gasteiger partial charge in [-0.1, -0.05) is 6.92 Å². The first kappa shape index (κ1) is 20.6. The summed E-state index contributed by atoms with van der Waals surface area (Å²) < 4.78 is 0. The van der Waals surface area contributed by atoms with Crippen LogP contribution in [0.1, 0.15) is 64.4 Å². The van der Waals surface area contributed by atoms with Crippen molar-refractivity contribution in [1.82, 2.24) is 25.1 Å². The van der Waals surface area contributed by atoms with Crippen LogP contribution in [0.25, 0.3) is 0 Å². The monoisotopic (exact) mass is 387 g/mol. The molecular weight excluding hydrogens is 354 g/mol. The first-order valence-corrected chi connectivity index (χ1v) is 10.6. The number of nitrogens with one attached hydrogen (secondary N) is 1. The van der Waals surface area contributed by atoms with Gasteiger partial charge in [-0.25, -0.2) is 14.8 Å². The quantitative estimate of drug-likeness (QED) is 0.861. The number of aromatic nitrogens is 2. The van der Waals surface area contributed by atoms with Crippen LogP contribution in [0.3, 0.4) is 0 Å². The molecule has 28 heavy (non-hydrogen) atoms. The Morgan fingerprint density at radius 2 is 1.82 bits per heavy atom. The van der Waals surface area contributed by atoms with Crippen LogP contribution < -0.4 is 5.32 Å². The van der Waals surface area contributed by atoms with Crippen molar-refractivity contribution in [3.8, 4) is 0 Å². The highest BCUT2D eigenvalue weighted by Gasteiger charge is 2.28. The molecule has 7 heteroatoms. The highest BCUT2D eigenvalue weighted by Crippen LogP contribution is 2.24. The summed E-state index contributed by atoms with van der Waals surface area (Å²) in [6.07, 6.45) is 12.2. The van der Waals surface area contributed by atoms with Crippen LogP contribution in [0, 0.1) is 5.92 Å². The van der Waals surface area contributed by atoms with Gasteiger partial charge >= 0.3 is 6.03 Å². The molecule has 1 unspecified atom stereocenters. The van der Waals surface area contributed by atoms with Crippen LogP contribution in [0.4, 0.5) is 4.79 Å². The van der Waals surface area contributed by atoms with Gasteiger partial charge in [0.25, 0.3) is 0 Å². The minimum absolute atomic E-state index is 0.0584. The fourth-order valence-corrected chi connectivity index (χ4v) is 4.37. The zero-order valence-electron chi connectivity index (χ0n) is 17.1. The molecule has 154 valence electrons. The molecule has 1 atom stereocenters. The Labute approximate surface area is 167 Å². The lowest BCUT2D eigenvalue weighted by molar-refractivity contribution is -0.132. The zero-order valence-corrected chi connectivity index (χ0v) is 17.1. The predicted molar refractivity (Wildman–Crippen MR) is 107 cm³/mol. The van der Waals surface area contributed by atoms with Crippen molar-refractivity contribution in [3.63, 3.8) is 0 Å². The number of carbonyl (C=O) groups excluding carboxylic acids is 2. The van der Waals surface area contributed by atoms with E-state index in [9.17, 15) is 9.59 Å². The Kier molecular flexibility index (Phi) is 7.23. The smallest absolute Gasteiger partial charge is 0.317 e. The van der Waals surface area contributed by atoms with Gasteiger partial charge in [-0.15, -0.1) is 0 Å². The van der Waals surface area contributed by atoms with Crippen LogP contribution in [-0.4, -0.2) is 56.9 Å². The number of hydrogen-bond donors (Lipinski definition) is 1. The average Bonchev–Trinajstić information content (AvgIpc) is 2.94. The fraction of sp³-hybridized carbons (Fsp3) is 0.714. The van der Waals surface area contributed by atoms with E-state index < -0.39 is 0 Å². The molecule has 0 radical (unpaired) electrons. The van der Waals surface area contributed by atoms with Gasteiger partial charge in [0.1, 0.15) is 6.33 Å². The van der Waals surface area contributed by atoms with Gasteiger partial charge in [-0.05, 0) is 50.9 Å². The maximum Gasteiger partial charge on any atom is 0.317 e. The van der Waals surface area contributed by atoms with Crippen LogP contribution in [-0.2, 0) is 11.3 Å². The molecule has 1 aromatic rings. The molecule has 1 aromatic heterocycles. The molecule has 2 fully saturated rings. The Morgan fingerprint density at radius 3 is 2.50 bits per heavy atom. The summed E-state index contributed by atoms with van der Waals surface area (Å²) in [6, 6.07) is 0.520. The maximum absolute atomic E-state index is 12.7. The molecule has 1 saturated carbocycles. The van der Waals surface area contributed by atoms with E-state index in [1.807, 2.05) is 9.80 Å². The first-order chi connectivity index (χ1) is 13.5. The molecule has 0 aromatic carbocycles. The summed E-state index contributed by atoms with van der Waals surface area (Å²) in [5, 5.41) is 3.23. The van der Waals surface area contributed by atoms with E-state index in [1.54, 1.807) is 19.3 Å². The molecule has 3 amide bonds. The van der Waals surface area contributed by atoms with Crippen molar-refractivity contribution < 1.29 is 9.59 Å². The summed E-state index contributed by atoms with van der Waals surface area (Å²) in [6.45, 7) is 5.87. The number of urea groups is 1. The third kappa shape index (κ3) is 5.66. The SMILES string of the molecule is CC(=O)N(Cc1cncnc1)C1CCCN(C(=O)NC2CCC(C)CC2)CC1. The van der Waals surface area contributed by atoms with Crippen molar-refractivity contribution in [2.75, 3.05) is 13.1 Å². The van der Waals surface area contributed by atoms with Crippen LogP contribution >= 0.6 is 0 Å². The molecular formula is C21H33N5O2. The second-order valence-corrected chi connectivity index (χ2v) is 8.37. The normalized spacial score (nSPS) is 25.6. The van der Waals surface area contributed by atoms with Crippen LogP contribution in [0.15, 0.2) is 18.7 Å². The van der Waals surface area contributed by atoms with Gasteiger partial charge in [0.2, 0.25) is 5.91 Å². The number of hydrogen-bond acceptors (Lipinski definition) is 4. The molecule has 1 N–H and O–H groups in total. The number of nitrogens with zero attached hydrogens (tertiary/aromatic N) is 4. The van der Waals surface area contributed by atoms with Crippen LogP contribution in [0.2, 0.25) is 0 Å². The number of rotatable bonds is 4. The topological polar surface area (TPSA) is 78.4 Å². The third-order valence-corrected chi connectivity index (χ3v) is 6.14. The summed E-state index contributed by atoms with van der Waals surface area (Å²) >= 11 is 0.